The van der Waals surface area contributed by atoms with Gasteiger partial charge in [0, 0.05) is 11.8 Å². The lowest BCUT2D eigenvalue weighted by molar-refractivity contribution is -0.172. The van der Waals surface area contributed by atoms with Crippen molar-refractivity contribution in [3.8, 4) is 0 Å². The van der Waals surface area contributed by atoms with E-state index in [0.717, 1.165) is 25.0 Å². The van der Waals surface area contributed by atoms with Crippen LogP contribution in [0, 0.1) is 17.3 Å². The van der Waals surface area contributed by atoms with Gasteiger partial charge in [-0.15, -0.1) is 0 Å². The minimum Gasteiger partial charge on any atom is -0.462 e. The quantitative estimate of drug-likeness (QED) is 0.737. The van der Waals surface area contributed by atoms with Crippen molar-refractivity contribution in [3.63, 3.8) is 0 Å². The van der Waals surface area contributed by atoms with Gasteiger partial charge in [-0.25, -0.2) is 4.79 Å². The number of rotatable bonds is 3. The predicted octanol–water partition coefficient (Wildman–Crippen LogP) is 2.91. The molecule has 3 rings (SSSR count). The van der Waals surface area contributed by atoms with Crippen molar-refractivity contribution < 1.29 is 14.4 Å². The van der Waals surface area contributed by atoms with Gasteiger partial charge in [-0.3, -0.25) is 0 Å². The molecule has 2 unspecified atom stereocenters. The highest BCUT2D eigenvalue weighted by atomic mass is 16.7. The van der Waals surface area contributed by atoms with Crippen LogP contribution >= 0.6 is 0 Å². The Balaban J connectivity index is 1.74. The Labute approximate surface area is 114 Å². The molecule has 106 valence electrons. The number of hydrogen-bond acceptors (Lipinski definition) is 4. The highest BCUT2D eigenvalue weighted by molar-refractivity contribution is 5.99. The van der Waals surface area contributed by atoms with Crippen molar-refractivity contribution in [1.29, 1.82) is 0 Å². The summed E-state index contributed by atoms with van der Waals surface area (Å²) in [5.74, 6) is 0.508. The molecule has 0 saturated heterocycles. The van der Waals surface area contributed by atoms with E-state index in [-0.39, 0.29) is 17.3 Å². The van der Waals surface area contributed by atoms with Gasteiger partial charge in [-0.1, -0.05) is 25.9 Å². The summed E-state index contributed by atoms with van der Waals surface area (Å²) < 4.78 is 5.48. The van der Waals surface area contributed by atoms with Crippen LogP contribution in [0.1, 0.15) is 52.9 Å². The Morgan fingerprint density at radius 1 is 1.42 bits per heavy atom. The topological polar surface area (TPSA) is 47.9 Å². The summed E-state index contributed by atoms with van der Waals surface area (Å²) in [5.41, 5.74) is 0.166. The van der Waals surface area contributed by atoms with E-state index in [1.807, 2.05) is 0 Å². The fraction of sp³-hybridized carbons (Fsp3) is 0.867. The summed E-state index contributed by atoms with van der Waals surface area (Å²) >= 11 is 0. The molecule has 0 aromatic carbocycles. The smallest absolute Gasteiger partial charge is 0.354 e. The van der Waals surface area contributed by atoms with Gasteiger partial charge in [0.1, 0.15) is 0 Å². The van der Waals surface area contributed by atoms with Crippen LogP contribution in [0.3, 0.4) is 0 Å². The monoisotopic (exact) mass is 265 g/mol. The van der Waals surface area contributed by atoms with E-state index in [0.29, 0.717) is 12.5 Å². The number of oxime groups is 1. The number of carbonyl (C=O) groups is 1. The van der Waals surface area contributed by atoms with Gasteiger partial charge < -0.3 is 9.57 Å². The highest BCUT2D eigenvalue weighted by Crippen LogP contribution is 2.48. The van der Waals surface area contributed by atoms with Crippen LogP contribution in [0.25, 0.3) is 0 Å². The van der Waals surface area contributed by atoms with Gasteiger partial charge in [0.2, 0.25) is 5.60 Å². The molecule has 0 aromatic heterocycles. The Morgan fingerprint density at radius 3 is 2.79 bits per heavy atom. The van der Waals surface area contributed by atoms with E-state index in [2.05, 4.69) is 25.9 Å². The number of carbonyl (C=O) groups excluding carboxylic acids is 1. The van der Waals surface area contributed by atoms with Crippen molar-refractivity contribution in [2.75, 3.05) is 6.61 Å². The second-order valence-corrected chi connectivity index (χ2v) is 7.19. The minimum absolute atomic E-state index is 0.0481. The molecule has 2 fully saturated rings. The molecule has 2 atom stereocenters. The van der Waals surface area contributed by atoms with Crippen LogP contribution in [0.2, 0.25) is 0 Å². The van der Waals surface area contributed by atoms with Crippen molar-refractivity contribution >= 4 is 11.7 Å². The lowest BCUT2D eigenvalue weighted by Gasteiger charge is -2.27. The third kappa shape index (κ3) is 2.15. The zero-order valence-electron chi connectivity index (χ0n) is 12.1. The Hall–Kier alpha value is -1.06. The number of hydrogen-bond donors (Lipinski definition) is 0. The molecule has 1 heterocycles. The predicted molar refractivity (Wildman–Crippen MR) is 71.7 cm³/mol. The average molecular weight is 265 g/mol. The van der Waals surface area contributed by atoms with Crippen molar-refractivity contribution in [3.05, 3.63) is 0 Å². The van der Waals surface area contributed by atoms with E-state index >= 15 is 0 Å². The van der Waals surface area contributed by atoms with Gasteiger partial charge >= 0.3 is 5.97 Å². The van der Waals surface area contributed by atoms with Gasteiger partial charge in [-0.05, 0) is 31.6 Å². The van der Waals surface area contributed by atoms with Gasteiger partial charge in [0.15, 0.2) is 0 Å². The number of nitrogens with zero attached hydrogens (tertiary/aromatic N) is 1. The van der Waals surface area contributed by atoms with E-state index in [1.54, 1.807) is 0 Å². The average Bonchev–Trinajstić information content (AvgIpc) is 2.91. The SMILES string of the molecule is CC(C)(C)C1=NOC2(C(=O)OCC3CC3)CCCC12. The summed E-state index contributed by atoms with van der Waals surface area (Å²) in [7, 11) is 0. The first-order valence-electron chi connectivity index (χ1n) is 7.37. The second kappa shape index (κ2) is 4.22. The van der Waals surface area contributed by atoms with E-state index in [4.69, 9.17) is 9.57 Å². The minimum atomic E-state index is -0.808. The van der Waals surface area contributed by atoms with Crippen LogP contribution < -0.4 is 0 Å². The van der Waals surface area contributed by atoms with Crippen LogP contribution in [0.5, 0.6) is 0 Å². The maximum absolute atomic E-state index is 12.4. The first-order valence-corrected chi connectivity index (χ1v) is 7.37. The van der Waals surface area contributed by atoms with Crippen LogP contribution in [-0.4, -0.2) is 23.9 Å². The van der Waals surface area contributed by atoms with Crippen molar-refractivity contribution in [2.45, 2.75) is 58.5 Å². The first kappa shape index (κ1) is 12.9. The Morgan fingerprint density at radius 2 is 2.16 bits per heavy atom. The molecule has 4 nitrogen and oxygen atoms in total. The molecule has 4 heteroatoms. The molecule has 3 aliphatic rings. The summed E-state index contributed by atoms with van der Waals surface area (Å²) in [6.45, 7) is 6.93. The number of esters is 1. The van der Waals surface area contributed by atoms with E-state index in [9.17, 15) is 4.79 Å². The largest absolute Gasteiger partial charge is 0.462 e. The van der Waals surface area contributed by atoms with Crippen molar-refractivity contribution in [2.24, 2.45) is 22.4 Å². The maximum Gasteiger partial charge on any atom is 0.354 e. The summed E-state index contributed by atoms with van der Waals surface area (Å²) in [6.07, 6.45) is 5.11. The molecular weight excluding hydrogens is 242 g/mol. The maximum atomic E-state index is 12.4. The molecule has 0 N–H and O–H groups in total. The van der Waals surface area contributed by atoms with Crippen molar-refractivity contribution in [1.82, 2.24) is 0 Å². The fourth-order valence-corrected chi connectivity index (χ4v) is 3.18. The van der Waals surface area contributed by atoms with Crippen LogP contribution in [-0.2, 0) is 14.4 Å². The molecule has 0 amide bonds. The Kier molecular flexibility index (Phi) is 2.88. The van der Waals surface area contributed by atoms with Gasteiger partial charge in [0.25, 0.3) is 0 Å². The molecule has 2 aliphatic carbocycles. The zero-order valence-corrected chi connectivity index (χ0v) is 12.1. The summed E-state index contributed by atoms with van der Waals surface area (Å²) in [4.78, 5) is 18.1. The lowest BCUT2D eigenvalue weighted by atomic mass is 9.76. The van der Waals surface area contributed by atoms with Gasteiger partial charge in [0.05, 0.1) is 18.2 Å². The van der Waals surface area contributed by atoms with E-state index in [1.165, 1.54) is 12.8 Å². The molecule has 0 aromatic rings. The van der Waals surface area contributed by atoms with Gasteiger partial charge in [-0.2, -0.15) is 0 Å². The second-order valence-electron chi connectivity index (χ2n) is 7.19. The molecular formula is C15H23NO3. The van der Waals surface area contributed by atoms with Crippen LogP contribution in [0.15, 0.2) is 5.16 Å². The molecule has 0 radical (unpaired) electrons. The number of ether oxygens (including phenoxy) is 1. The third-order valence-electron chi connectivity index (χ3n) is 4.50. The Bertz CT molecular complexity index is 420. The molecule has 2 saturated carbocycles. The molecule has 19 heavy (non-hydrogen) atoms. The normalized spacial score (nSPS) is 33.6. The summed E-state index contributed by atoms with van der Waals surface area (Å²) in [6, 6.07) is 0. The molecule has 0 bridgehead atoms. The van der Waals surface area contributed by atoms with Crippen LogP contribution in [0.4, 0.5) is 0 Å². The fourth-order valence-electron chi connectivity index (χ4n) is 3.18. The first-order chi connectivity index (χ1) is 8.93. The van der Waals surface area contributed by atoms with E-state index < -0.39 is 5.60 Å². The number of fused-ring (bicyclic) bond motifs is 1. The third-order valence-corrected chi connectivity index (χ3v) is 4.50. The lowest BCUT2D eigenvalue weighted by Crippen LogP contribution is -2.46. The molecule has 0 spiro atoms. The summed E-state index contributed by atoms with van der Waals surface area (Å²) in [5, 5.41) is 4.24. The highest BCUT2D eigenvalue weighted by Gasteiger charge is 2.60. The molecule has 1 aliphatic heterocycles. The zero-order chi connectivity index (χ0) is 13.7. The standard InChI is InChI=1S/C15H23NO3/c1-14(2,3)12-11-5-4-8-15(11,19-16-12)13(17)18-9-10-6-7-10/h10-11H,4-9H2,1-3H3.